The smallest absolute Gasteiger partial charge is 0.335 e. The van der Waals surface area contributed by atoms with Crippen molar-refractivity contribution >= 4 is 52.8 Å². The van der Waals surface area contributed by atoms with Crippen LogP contribution in [0.5, 0.6) is 17.2 Å². The Balaban J connectivity index is 1.49. The molecule has 0 aliphatic carbocycles. The first kappa shape index (κ1) is 30.1. The highest BCUT2D eigenvalue weighted by Gasteiger charge is 2.37. The number of halogens is 1. The molecule has 2 N–H and O–H groups in total. The van der Waals surface area contributed by atoms with Crippen molar-refractivity contribution in [1.82, 2.24) is 5.32 Å². The molecule has 1 fully saturated rings. The summed E-state index contributed by atoms with van der Waals surface area (Å²) in [6.07, 6.45) is 2.10. The lowest BCUT2D eigenvalue weighted by atomic mass is 10.1. The Morgan fingerprint density at radius 1 is 1.00 bits per heavy atom. The first-order valence-corrected chi connectivity index (χ1v) is 13.5. The van der Waals surface area contributed by atoms with E-state index >= 15 is 0 Å². The third-order valence-corrected chi connectivity index (χ3v) is 6.77. The predicted molar refractivity (Wildman–Crippen MR) is 159 cm³/mol. The van der Waals surface area contributed by atoms with Crippen molar-refractivity contribution in [3.8, 4) is 17.2 Å². The average Bonchev–Trinajstić information content (AvgIpc) is 2.96. The molecule has 0 bridgehead atoms. The van der Waals surface area contributed by atoms with Crippen LogP contribution in [0, 0.1) is 13.8 Å². The van der Waals surface area contributed by atoms with Gasteiger partial charge in [-0.2, -0.15) is 0 Å². The summed E-state index contributed by atoms with van der Waals surface area (Å²) in [6.45, 7) is 6.02. The van der Waals surface area contributed by atoms with E-state index in [1.165, 1.54) is 37.5 Å². The molecular weight excluding hydrogens is 562 g/mol. The van der Waals surface area contributed by atoms with Crippen LogP contribution in [0.2, 0.25) is 5.02 Å². The van der Waals surface area contributed by atoms with Crippen molar-refractivity contribution in [2.45, 2.75) is 27.2 Å². The van der Waals surface area contributed by atoms with Gasteiger partial charge in [0.15, 0.2) is 18.1 Å². The molecule has 10 nitrogen and oxygen atoms in total. The summed E-state index contributed by atoms with van der Waals surface area (Å²) >= 11 is 6.38. The van der Waals surface area contributed by atoms with Crippen LogP contribution < -0.4 is 29.7 Å². The molecule has 1 heterocycles. The lowest BCUT2D eigenvalue weighted by molar-refractivity contribution is -0.122. The van der Waals surface area contributed by atoms with Crippen LogP contribution in [-0.2, 0) is 14.4 Å². The normalized spacial score (nSPS) is 14.1. The maximum absolute atomic E-state index is 13.3. The van der Waals surface area contributed by atoms with Crippen molar-refractivity contribution in [3.63, 3.8) is 0 Å². The second kappa shape index (κ2) is 13.2. The van der Waals surface area contributed by atoms with Gasteiger partial charge in [-0.3, -0.25) is 19.7 Å². The Labute approximate surface area is 248 Å². The predicted octanol–water partition coefficient (Wildman–Crippen LogP) is 5.44. The molecule has 42 heavy (non-hydrogen) atoms. The molecule has 0 atom stereocenters. The molecule has 5 amide bonds. The van der Waals surface area contributed by atoms with Crippen LogP contribution in [0.4, 0.5) is 16.2 Å². The zero-order valence-electron chi connectivity index (χ0n) is 23.6. The fourth-order valence-corrected chi connectivity index (χ4v) is 4.37. The molecule has 0 unspecified atom stereocenters. The number of carbonyl (C=O) groups is 4. The van der Waals surface area contributed by atoms with Crippen molar-refractivity contribution in [1.29, 1.82) is 0 Å². The third kappa shape index (κ3) is 6.72. The largest absolute Gasteiger partial charge is 0.493 e. The van der Waals surface area contributed by atoms with E-state index in [2.05, 4.69) is 10.6 Å². The number of anilines is 2. The summed E-state index contributed by atoms with van der Waals surface area (Å²) in [5.74, 6) is -1.01. The number of nitrogens with zero attached hydrogens (tertiary/aromatic N) is 1. The Kier molecular flexibility index (Phi) is 9.49. The molecule has 11 heteroatoms. The number of barbiturate groups is 1. The number of methoxy groups -OCH3 is 1. The number of amides is 5. The summed E-state index contributed by atoms with van der Waals surface area (Å²) < 4.78 is 16.6. The molecule has 3 aromatic rings. The molecule has 4 rings (SSSR count). The summed E-state index contributed by atoms with van der Waals surface area (Å²) in [7, 11) is 1.44. The minimum absolute atomic E-state index is 0.160. The Morgan fingerprint density at radius 3 is 2.48 bits per heavy atom. The summed E-state index contributed by atoms with van der Waals surface area (Å²) in [6, 6.07) is 13.9. The van der Waals surface area contributed by atoms with E-state index in [9.17, 15) is 19.2 Å². The molecule has 0 radical (unpaired) electrons. The molecule has 3 aromatic carbocycles. The number of aryl methyl sites for hydroxylation is 1. The average molecular weight is 592 g/mol. The van der Waals surface area contributed by atoms with Gasteiger partial charge in [-0.1, -0.05) is 36.7 Å². The molecule has 0 saturated carbocycles. The number of urea groups is 1. The van der Waals surface area contributed by atoms with Gasteiger partial charge in [0.25, 0.3) is 17.7 Å². The van der Waals surface area contributed by atoms with Gasteiger partial charge in [0.1, 0.15) is 11.3 Å². The van der Waals surface area contributed by atoms with Crippen molar-refractivity contribution < 1.29 is 33.4 Å². The van der Waals surface area contributed by atoms with Crippen LogP contribution in [0.15, 0.2) is 60.2 Å². The van der Waals surface area contributed by atoms with Gasteiger partial charge in [-0.25, -0.2) is 9.69 Å². The fourth-order valence-electron chi connectivity index (χ4n) is 4.13. The van der Waals surface area contributed by atoms with Gasteiger partial charge >= 0.3 is 6.03 Å². The number of imide groups is 2. The van der Waals surface area contributed by atoms with Gasteiger partial charge < -0.3 is 19.5 Å². The maximum Gasteiger partial charge on any atom is 0.335 e. The quantitative estimate of drug-likeness (QED) is 0.238. The summed E-state index contributed by atoms with van der Waals surface area (Å²) in [5.41, 5.74) is 3.02. The standard InChI is InChI=1S/C31H30ClN3O7/c1-5-13-41-26-12-10-21(16-27(26)40-4)35-30(38)22(29(37)34-31(35)39)14-20-9-11-25(23(32)15-20)42-17-28(36)33-24-8-6-7-18(2)19(24)3/h6-12,14-16H,5,13,17H2,1-4H3,(H,33,36)(H,34,37,39)/b22-14-. The van der Waals surface area contributed by atoms with E-state index in [0.717, 1.165) is 22.4 Å². The Morgan fingerprint density at radius 2 is 1.76 bits per heavy atom. The molecule has 0 aromatic heterocycles. The minimum atomic E-state index is -0.896. The molecule has 1 saturated heterocycles. The highest BCUT2D eigenvalue weighted by atomic mass is 35.5. The Hall–Kier alpha value is -4.83. The number of nitrogens with one attached hydrogen (secondary N) is 2. The molecule has 1 aliphatic rings. The zero-order chi connectivity index (χ0) is 30.4. The van der Waals surface area contributed by atoms with Crippen LogP contribution in [0.3, 0.4) is 0 Å². The van der Waals surface area contributed by atoms with Gasteiger partial charge in [0.05, 0.1) is 24.4 Å². The second-order valence-corrected chi connectivity index (χ2v) is 9.82. The maximum atomic E-state index is 13.3. The third-order valence-electron chi connectivity index (χ3n) is 6.47. The van der Waals surface area contributed by atoms with Gasteiger partial charge in [-0.15, -0.1) is 0 Å². The zero-order valence-corrected chi connectivity index (χ0v) is 24.3. The number of carbonyl (C=O) groups excluding carboxylic acids is 4. The Bertz CT molecular complexity index is 1580. The number of hydrogen-bond acceptors (Lipinski definition) is 7. The summed E-state index contributed by atoms with van der Waals surface area (Å²) in [4.78, 5) is 51.9. The number of benzene rings is 3. The first-order chi connectivity index (χ1) is 20.1. The van der Waals surface area contributed by atoms with Crippen LogP contribution in [0.25, 0.3) is 6.08 Å². The second-order valence-electron chi connectivity index (χ2n) is 9.42. The lowest BCUT2D eigenvalue weighted by Gasteiger charge is -2.27. The van der Waals surface area contributed by atoms with Crippen LogP contribution >= 0.6 is 11.6 Å². The fraction of sp³-hybridized carbons (Fsp3) is 0.226. The highest BCUT2D eigenvalue weighted by Crippen LogP contribution is 2.34. The molecule has 218 valence electrons. The number of hydrogen-bond donors (Lipinski definition) is 2. The summed E-state index contributed by atoms with van der Waals surface area (Å²) in [5, 5.41) is 5.16. The van der Waals surface area contributed by atoms with Crippen molar-refractivity contribution in [2.24, 2.45) is 0 Å². The van der Waals surface area contributed by atoms with Crippen LogP contribution in [0.1, 0.15) is 30.0 Å². The molecule has 1 aliphatic heterocycles. The van der Waals surface area contributed by atoms with E-state index in [1.807, 2.05) is 32.9 Å². The topological polar surface area (TPSA) is 123 Å². The monoisotopic (exact) mass is 591 g/mol. The van der Waals surface area contributed by atoms with Gasteiger partial charge in [0.2, 0.25) is 0 Å². The first-order valence-electron chi connectivity index (χ1n) is 13.1. The van der Waals surface area contributed by atoms with E-state index in [0.29, 0.717) is 29.4 Å². The van der Waals surface area contributed by atoms with E-state index in [1.54, 1.807) is 18.2 Å². The lowest BCUT2D eigenvalue weighted by Crippen LogP contribution is -2.54. The molecular formula is C31H30ClN3O7. The number of rotatable bonds is 10. The minimum Gasteiger partial charge on any atom is -0.493 e. The van der Waals surface area contributed by atoms with Gasteiger partial charge in [-0.05, 0) is 73.4 Å². The number of ether oxygens (including phenoxy) is 3. The van der Waals surface area contributed by atoms with E-state index in [-0.39, 0.29) is 34.5 Å². The SMILES string of the molecule is CCCOc1ccc(N2C(=O)NC(=O)/C(=C/c3ccc(OCC(=O)Nc4cccc(C)c4C)c(Cl)c3)C2=O)cc1OC. The van der Waals surface area contributed by atoms with Crippen molar-refractivity contribution in [3.05, 3.63) is 81.9 Å². The van der Waals surface area contributed by atoms with Crippen molar-refractivity contribution in [2.75, 3.05) is 30.5 Å². The highest BCUT2D eigenvalue weighted by molar-refractivity contribution is 6.39. The van der Waals surface area contributed by atoms with E-state index < -0.39 is 17.8 Å². The van der Waals surface area contributed by atoms with Crippen LogP contribution in [-0.4, -0.2) is 44.1 Å². The van der Waals surface area contributed by atoms with E-state index in [4.69, 9.17) is 25.8 Å². The van der Waals surface area contributed by atoms with Gasteiger partial charge in [0, 0.05) is 11.8 Å². The molecule has 0 spiro atoms.